The lowest BCUT2D eigenvalue weighted by atomic mass is 10.0. The summed E-state index contributed by atoms with van der Waals surface area (Å²) in [6.45, 7) is 6.60. The fourth-order valence-corrected chi connectivity index (χ4v) is 7.54. The van der Waals surface area contributed by atoms with Crippen molar-refractivity contribution in [2.45, 2.75) is 25.9 Å². The maximum Gasteiger partial charge on any atom is 0.291 e. The zero-order valence-corrected chi connectivity index (χ0v) is 31.2. The molecule has 4 heterocycles. The maximum absolute atomic E-state index is 15.7. The van der Waals surface area contributed by atoms with Crippen LogP contribution >= 0.6 is 23.2 Å². The average molecular weight is 756 g/mol. The molecule has 2 fully saturated rings. The van der Waals surface area contributed by atoms with Crippen LogP contribution in [-0.4, -0.2) is 124 Å². The molecule has 2 atom stereocenters. The van der Waals surface area contributed by atoms with Gasteiger partial charge in [-0.1, -0.05) is 35.3 Å². The Bertz CT molecular complexity index is 2010. The lowest BCUT2D eigenvalue weighted by Crippen LogP contribution is -2.55. The predicted octanol–water partition coefficient (Wildman–Crippen LogP) is 4.07. The lowest BCUT2D eigenvalue weighted by molar-refractivity contribution is -0.890. The van der Waals surface area contributed by atoms with E-state index in [1.54, 1.807) is 54.2 Å². The van der Waals surface area contributed by atoms with Gasteiger partial charge in [0.15, 0.2) is 12.4 Å². The van der Waals surface area contributed by atoms with Gasteiger partial charge < -0.3 is 34.6 Å². The third kappa shape index (κ3) is 7.57. The van der Waals surface area contributed by atoms with Crippen LogP contribution in [0.3, 0.4) is 0 Å². The molecule has 16 heteroatoms. The van der Waals surface area contributed by atoms with E-state index in [1.165, 1.54) is 16.8 Å². The van der Waals surface area contributed by atoms with Gasteiger partial charge in [-0.3, -0.25) is 19.1 Å². The summed E-state index contributed by atoms with van der Waals surface area (Å²) in [4.78, 5) is 47.5. The summed E-state index contributed by atoms with van der Waals surface area (Å²) in [6, 6.07) is 8.11. The van der Waals surface area contributed by atoms with Gasteiger partial charge in [-0.2, -0.15) is 5.10 Å². The van der Waals surface area contributed by atoms with E-state index in [-0.39, 0.29) is 33.7 Å². The number of hydrogen-bond donors (Lipinski definition) is 2. The Labute approximate surface area is 311 Å². The summed E-state index contributed by atoms with van der Waals surface area (Å²) in [5, 5.41) is 7.18. The molecule has 0 aliphatic carbocycles. The number of quaternary nitrogens is 1. The van der Waals surface area contributed by atoms with Crippen LogP contribution in [0.25, 0.3) is 22.4 Å². The number of anilines is 1. The van der Waals surface area contributed by atoms with E-state index < -0.39 is 11.7 Å². The van der Waals surface area contributed by atoms with Crippen molar-refractivity contribution < 1.29 is 28.0 Å². The van der Waals surface area contributed by atoms with Crippen LogP contribution in [-0.2, 0) is 23.1 Å². The van der Waals surface area contributed by atoms with Gasteiger partial charge in [0.2, 0.25) is 0 Å². The molecular formula is C36H43Cl2FN9O4+. The molecule has 2 aliphatic rings. The summed E-state index contributed by atoms with van der Waals surface area (Å²) < 4.78 is 24.7. The molecule has 2 aromatic carbocycles. The van der Waals surface area contributed by atoms with E-state index in [0.29, 0.717) is 84.0 Å². The van der Waals surface area contributed by atoms with Crippen molar-refractivity contribution in [2.75, 3.05) is 71.9 Å². The van der Waals surface area contributed by atoms with Gasteiger partial charge in [-0.15, -0.1) is 0 Å². The number of likely N-dealkylation sites (N-methyl/N-ethyl adjacent to an activating group) is 1. The number of nitrogens with one attached hydrogen (secondary N) is 1. The van der Waals surface area contributed by atoms with Gasteiger partial charge in [0.05, 0.1) is 73.0 Å². The number of rotatable bonds is 10. The molecule has 3 amide bonds. The Balaban J connectivity index is 1.09. The van der Waals surface area contributed by atoms with Gasteiger partial charge >= 0.3 is 0 Å². The smallest absolute Gasteiger partial charge is 0.291 e. The first-order chi connectivity index (χ1) is 24.8. The zero-order chi connectivity index (χ0) is 37.3. The van der Waals surface area contributed by atoms with Crippen molar-refractivity contribution in [3.8, 4) is 22.4 Å². The largest absolute Gasteiger partial charge is 0.383 e. The number of carbonyl (C=O) groups excluding carboxylic acids is 3. The first kappa shape index (κ1) is 37.4. The Kier molecular flexibility index (Phi) is 11.0. The molecule has 2 aliphatic heterocycles. The summed E-state index contributed by atoms with van der Waals surface area (Å²) in [6.07, 6.45) is 3.96. The molecule has 0 bridgehead atoms. The monoisotopic (exact) mass is 754 g/mol. The van der Waals surface area contributed by atoms with Crippen molar-refractivity contribution in [1.82, 2.24) is 29.1 Å². The van der Waals surface area contributed by atoms with Crippen LogP contribution < -0.4 is 11.1 Å². The molecular weight excluding hydrogens is 712 g/mol. The first-order valence-electron chi connectivity index (χ1n) is 17.1. The fraction of sp³-hybridized carbons (Fsp3) is 0.417. The van der Waals surface area contributed by atoms with Crippen LogP contribution in [0.5, 0.6) is 0 Å². The number of imidazole rings is 1. The molecule has 6 rings (SSSR count). The first-order valence-corrected chi connectivity index (χ1v) is 17.8. The fourth-order valence-electron chi connectivity index (χ4n) is 7.02. The Morgan fingerprint density at radius 1 is 1.06 bits per heavy atom. The van der Waals surface area contributed by atoms with E-state index in [0.717, 1.165) is 25.2 Å². The third-order valence-electron chi connectivity index (χ3n) is 10.1. The standard InChI is InChI=1S/C36H42Cl2FN9O4/c1-22-28(18-42-47(22)14-16-52-4)25-7-8-27(32(38)33(25)39)30-19-41-34(44(30)2)35(50)43-24-5-6-26(29(37)17-24)36(51)46-12-10-45(11-13-46)31(49)21-48(3)15-9-23(40)20-48/h5-8,17-19,23H,9-16,20-21,40H2,1-4H3/p+1. The zero-order valence-electron chi connectivity index (χ0n) is 29.7. The van der Waals surface area contributed by atoms with Gasteiger partial charge in [0, 0.05) is 74.8 Å². The highest BCUT2D eigenvalue weighted by atomic mass is 35.5. The average Bonchev–Trinajstić information content (AvgIpc) is 3.79. The molecule has 0 spiro atoms. The summed E-state index contributed by atoms with van der Waals surface area (Å²) in [5.74, 6) is -1.27. The number of hydrogen-bond acceptors (Lipinski definition) is 7. The van der Waals surface area contributed by atoms with Crippen molar-refractivity contribution in [3.05, 3.63) is 75.7 Å². The molecule has 2 aromatic heterocycles. The predicted molar refractivity (Wildman–Crippen MR) is 197 cm³/mol. The molecule has 3 N–H and O–H groups in total. The second-order valence-electron chi connectivity index (χ2n) is 13.7. The summed E-state index contributed by atoms with van der Waals surface area (Å²) >= 11 is 13.1. The molecule has 13 nitrogen and oxygen atoms in total. The SMILES string of the molecule is COCCn1ncc(-c2ccc(-c3cnc(C(=O)Nc4ccc(C(=O)N5CCN(C(=O)C[N+]6(C)CCC(N)C6)CC5)c(Cl)c4)n3C)c(Cl)c2F)c1C. The topological polar surface area (TPSA) is 141 Å². The van der Waals surface area contributed by atoms with Gasteiger partial charge in [0.1, 0.15) is 5.82 Å². The minimum Gasteiger partial charge on any atom is -0.383 e. The molecule has 276 valence electrons. The van der Waals surface area contributed by atoms with E-state index in [1.807, 2.05) is 11.8 Å². The van der Waals surface area contributed by atoms with E-state index in [9.17, 15) is 14.4 Å². The highest BCUT2D eigenvalue weighted by Gasteiger charge is 2.37. The number of methoxy groups -OCH3 is 1. The highest BCUT2D eigenvalue weighted by Crippen LogP contribution is 2.37. The number of piperazine rings is 1. The number of aromatic nitrogens is 4. The van der Waals surface area contributed by atoms with Crippen LogP contribution in [0.1, 0.15) is 33.1 Å². The van der Waals surface area contributed by atoms with Crippen LogP contribution in [0.15, 0.2) is 42.7 Å². The summed E-state index contributed by atoms with van der Waals surface area (Å²) in [7, 11) is 5.30. The quantitative estimate of drug-likeness (QED) is 0.233. The number of nitrogens with zero attached hydrogens (tertiary/aromatic N) is 7. The number of nitrogens with two attached hydrogens (primary N) is 1. The number of ether oxygens (including phenoxy) is 1. The van der Waals surface area contributed by atoms with Crippen LogP contribution in [0, 0.1) is 12.7 Å². The Morgan fingerprint density at radius 2 is 1.77 bits per heavy atom. The Hall–Kier alpha value is -4.34. The normalized spacial score (nSPS) is 19.0. The van der Waals surface area contributed by atoms with Crippen molar-refractivity contribution >= 4 is 46.6 Å². The lowest BCUT2D eigenvalue weighted by Gasteiger charge is -2.37. The number of carbonyl (C=O) groups is 3. The number of amides is 3. The van der Waals surface area contributed by atoms with Crippen molar-refractivity contribution in [3.63, 3.8) is 0 Å². The van der Waals surface area contributed by atoms with Gasteiger partial charge in [-0.25, -0.2) is 9.37 Å². The number of likely N-dealkylation sites (tertiary alicyclic amines) is 1. The molecule has 52 heavy (non-hydrogen) atoms. The summed E-state index contributed by atoms with van der Waals surface area (Å²) in [5.41, 5.74) is 9.22. The van der Waals surface area contributed by atoms with Crippen LogP contribution in [0.2, 0.25) is 10.0 Å². The molecule has 0 radical (unpaired) electrons. The second kappa shape index (κ2) is 15.3. The third-order valence-corrected chi connectivity index (χ3v) is 10.7. The molecule has 4 aromatic rings. The van der Waals surface area contributed by atoms with Gasteiger partial charge in [-0.05, 0) is 25.1 Å². The van der Waals surface area contributed by atoms with Crippen LogP contribution in [0.4, 0.5) is 10.1 Å². The second-order valence-corrected chi connectivity index (χ2v) is 14.5. The Morgan fingerprint density at radius 3 is 2.44 bits per heavy atom. The number of halogens is 3. The maximum atomic E-state index is 15.7. The number of benzene rings is 2. The van der Waals surface area contributed by atoms with E-state index in [2.05, 4.69) is 22.4 Å². The van der Waals surface area contributed by atoms with Crippen molar-refractivity contribution in [1.29, 1.82) is 0 Å². The minimum atomic E-state index is -0.612. The van der Waals surface area contributed by atoms with E-state index >= 15 is 4.39 Å². The van der Waals surface area contributed by atoms with Gasteiger partial charge in [0.25, 0.3) is 17.7 Å². The highest BCUT2D eigenvalue weighted by molar-refractivity contribution is 6.34. The minimum absolute atomic E-state index is 0.0538. The van der Waals surface area contributed by atoms with Crippen molar-refractivity contribution in [2.24, 2.45) is 12.8 Å². The van der Waals surface area contributed by atoms with E-state index in [4.69, 9.17) is 33.7 Å². The molecule has 0 saturated carbocycles. The molecule has 2 unspecified atom stereocenters. The molecule has 2 saturated heterocycles.